The molecule has 5 nitrogen and oxygen atoms in total. The van der Waals surface area contributed by atoms with E-state index < -0.39 is 5.60 Å². The van der Waals surface area contributed by atoms with Gasteiger partial charge in [-0.3, -0.25) is 0 Å². The van der Waals surface area contributed by atoms with E-state index in [2.05, 4.69) is 10.2 Å². The Morgan fingerprint density at radius 3 is 2.82 bits per heavy atom. The zero-order valence-corrected chi connectivity index (χ0v) is 14.1. The van der Waals surface area contributed by atoms with Crippen LogP contribution in [-0.4, -0.2) is 30.8 Å². The number of piperidine rings is 1. The Labute approximate surface area is 136 Å². The summed E-state index contributed by atoms with van der Waals surface area (Å²) in [5, 5.41) is 3.56. The molecule has 0 bridgehead atoms. The number of nitrogens with two attached hydrogens (primary N) is 1. The predicted molar refractivity (Wildman–Crippen MR) is 90.5 cm³/mol. The smallest absolute Gasteiger partial charge is 0.407 e. The number of benzene rings is 1. The van der Waals surface area contributed by atoms with Crippen LogP contribution in [0.25, 0.3) is 0 Å². The number of amides is 1. The molecule has 1 aromatic carbocycles. The second kappa shape index (κ2) is 6.65. The lowest BCUT2D eigenvalue weighted by Crippen LogP contribution is -2.49. The van der Waals surface area contributed by atoms with Gasteiger partial charge in [-0.1, -0.05) is 17.7 Å². The van der Waals surface area contributed by atoms with Gasteiger partial charge >= 0.3 is 6.09 Å². The number of hydrogen-bond donors (Lipinski definition) is 2. The molecule has 0 unspecified atom stereocenters. The molecule has 1 fully saturated rings. The SMILES string of the molecule is CC(C)(C)OC(=O)N[C@H]1CCCN(c2c(N)cccc2Cl)C1. The molecule has 1 amide bonds. The second-order valence-corrected chi connectivity index (χ2v) is 7.02. The summed E-state index contributed by atoms with van der Waals surface area (Å²) in [6, 6.07) is 5.53. The summed E-state index contributed by atoms with van der Waals surface area (Å²) in [6.45, 7) is 7.10. The number of carbonyl (C=O) groups excluding carboxylic acids is 1. The summed E-state index contributed by atoms with van der Waals surface area (Å²) in [5.74, 6) is 0. The van der Waals surface area contributed by atoms with Gasteiger partial charge in [0.2, 0.25) is 0 Å². The lowest BCUT2D eigenvalue weighted by atomic mass is 10.0. The Kier molecular flexibility index (Phi) is 5.06. The van der Waals surface area contributed by atoms with E-state index in [0.29, 0.717) is 17.3 Å². The first-order valence-electron chi connectivity index (χ1n) is 7.55. The van der Waals surface area contributed by atoms with Crippen LogP contribution in [0.2, 0.25) is 5.02 Å². The van der Waals surface area contributed by atoms with E-state index in [9.17, 15) is 4.79 Å². The standard InChI is InChI=1S/C16H24ClN3O2/c1-16(2,3)22-15(21)19-11-6-5-9-20(10-11)14-12(17)7-4-8-13(14)18/h4,7-8,11H,5-6,9-10,18H2,1-3H3,(H,19,21)/t11-/m0/s1. The van der Waals surface area contributed by atoms with Crippen LogP contribution in [-0.2, 0) is 4.74 Å². The van der Waals surface area contributed by atoms with Gasteiger partial charge in [-0.05, 0) is 45.7 Å². The number of carbonyl (C=O) groups is 1. The van der Waals surface area contributed by atoms with Crippen LogP contribution < -0.4 is 16.0 Å². The zero-order valence-electron chi connectivity index (χ0n) is 13.4. The van der Waals surface area contributed by atoms with Crippen LogP contribution in [0.15, 0.2) is 18.2 Å². The van der Waals surface area contributed by atoms with E-state index in [1.807, 2.05) is 39.0 Å². The molecule has 0 spiro atoms. The predicted octanol–water partition coefficient (Wildman–Crippen LogP) is 3.42. The van der Waals surface area contributed by atoms with E-state index in [0.717, 1.165) is 25.1 Å². The van der Waals surface area contributed by atoms with Crippen molar-refractivity contribution in [2.75, 3.05) is 23.7 Å². The summed E-state index contributed by atoms with van der Waals surface area (Å²) in [5.41, 5.74) is 7.05. The minimum Gasteiger partial charge on any atom is -0.444 e. The third-order valence-corrected chi connectivity index (χ3v) is 3.78. The number of nitrogens with zero attached hydrogens (tertiary/aromatic N) is 1. The molecule has 0 saturated carbocycles. The van der Waals surface area contributed by atoms with Crippen molar-refractivity contribution in [2.24, 2.45) is 0 Å². The molecular weight excluding hydrogens is 302 g/mol. The number of alkyl carbamates (subject to hydrolysis) is 1. The Morgan fingerprint density at radius 2 is 2.18 bits per heavy atom. The molecule has 1 saturated heterocycles. The van der Waals surface area contributed by atoms with E-state index in [-0.39, 0.29) is 12.1 Å². The van der Waals surface area contributed by atoms with Gasteiger partial charge in [0, 0.05) is 19.1 Å². The maximum atomic E-state index is 11.9. The van der Waals surface area contributed by atoms with Crippen molar-refractivity contribution >= 4 is 29.1 Å². The Hall–Kier alpha value is -1.62. The molecule has 1 aliphatic heterocycles. The molecule has 1 aromatic rings. The molecule has 0 aliphatic carbocycles. The lowest BCUT2D eigenvalue weighted by molar-refractivity contribution is 0.0500. The van der Waals surface area contributed by atoms with Gasteiger partial charge in [0.05, 0.1) is 16.4 Å². The molecule has 22 heavy (non-hydrogen) atoms. The average Bonchev–Trinajstić information content (AvgIpc) is 2.36. The monoisotopic (exact) mass is 325 g/mol. The maximum Gasteiger partial charge on any atom is 0.407 e. The number of rotatable bonds is 2. The minimum atomic E-state index is -0.494. The van der Waals surface area contributed by atoms with E-state index >= 15 is 0 Å². The Morgan fingerprint density at radius 1 is 1.45 bits per heavy atom. The van der Waals surface area contributed by atoms with Crippen molar-refractivity contribution in [1.29, 1.82) is 0 Å². The lowest BCUT2D eigenvalue weighted by Gasteiger charge is -2.36. The first kappa shape index (κ1) is 16.7. The average molecular weight is 326 g/mol. The molecule has 0 aromatic heterocycles. The van der Waals surface area contributed by atoms with Crippen LogP contribution in [0.1, 0.15) is 33.6 Å². The van der Waals surface area contributed by atoms with E-state index in [4.69, 9.17) is 22.1 Å². The van der Waals surface area contributed by atoms with Crippen LogP contribution in [0.3, 0.4) is 0 Å². The second-order valence-electron chi connectivity index (χ2n) is 6.61. The number of para-hydroxylation sites is 1. The highest BCUT2D eigenvalue weighted by Gasteiger charge is 2.26. The van der Waals surface area contributed by atoms with E-state index in [1.54, 1.807) is 0 Å². The number of halogens is 1. The molecule has 6 heteroatoms. The molecule has 1 atom stereocenters. The summed E-state index contributed by atoms with van der Waals surface area (Å²) >= 11 is 6.27. The van der Waals surface area contributed by atoms with Crippen molar-refractivity contribution in [3.05, 3.63) is 23.2 Å². The third-order valence-electron chi connectivity index (χ3n) is 3.48. The topological polar surface area (TPSA) is 67.6 Å². The van der Waals surface area contributed by atoms with Crippen molar-refractivity contribution in [3.8, 4) is 0 Å². The van der Waals surface area contributed by atoms with Gasteiger partial charge in [0.15, 0.2) is 0 Å². The molecule has 3 N–H and O–H groups in total. The minimum absolute atomic E-state index is 0.0271. The van der Waals surface area contributed by atoms with Gasteiger partial charge in [0.25, 0.3) is 0 Å². The summed E-state index contributed by atoms with van der Waals surface area (Å²) in [4.78, 5) is 14.0. The highest BCUT2D eigenvalue weighted by atomic mass is 35.5. The fourth-order valence-electron chi connectivity index (χ4n) is 2.64. The van der Waals surface area contributed by atoms with Crippen LogP contribution in [0.5, 0.6) is 0 Å². The van der Waals surface area contributed by atoms with Crippen molar-refractivity contribution < 1.29 is 9.53 Å². The largest absolute Gasteiger partial charge is 0.444 e. The van der Waals surface area contributed by atoms with Gasteiger partial charge < -0.3 is 20.7 Å². The number of hydrogen-bond acceptors (Lipinski definition) is 4. The third kappa shape index (κ3) is 4.44. The maximum absolute atomic E-state index is 11.9. The van der Waals surface area contributed by atoms with Crippen LogP contribution in [0, 0.1) is 0 Å². The van der Waals surface area contributed by atoms with Gasteiger partial charge in [-0.2, -0.15) is 0 Å². The molecule has 0 radical (unpaired) electrons. The first-order chi connectivity index (χ1) is 10.3. The first-order valence-corrected chi connectivity index (χ1v) is 7.92. The van der Waals surface area contributed by atoms with E-state index in [1.165, 1.54) is 0 Å². The molecule has 2 rings (SSSR count). The van der Waals surface area contributed by atoms with Gasteiger partial charge in [-0.15, -0.1) is 0 Å². The fourth-order valence-corrected chi connectivity index (χ4v) is 2.94. The van der Waals surface area contributed by atoms with Gasteiger partial charge in [0.1, 0.15) is 5.60 Å². The quantitative estimate of drug-likeness (QED) is 0.818. The Bertz CT molecular complexity index is 522. The van der Waals surface area contributed by atoms with Gasteiger partial charge in [-0.25, -0.2) is 4.79 Å². The highest BCUT2D eigenvalue weighted by molar-refractivity contribution is 6.34. The molecule has 122 valence electrons. The highest BCUT2D eigenvalue weighted by Crippen LogP contribution is 2.33. The van der Waals surface area contributed by atoms with Crippen LogP contribution >= 0.6 is 11.6 Å². The summed E-state index contributed by atoms with van der Waals surface area (Å²) in [6.07, 6.45) is 1.50. The number of anilines is 2. The zero-order chi connectivity index (χ0) is 16.3. The van der Waals surface area contributed by atoms with Crippen molar-refractivity contribution in [2.45, 2.75) is 45.3 Å². The number of nitrogen functional groups attached to an aromatic ring is 1. The summed E-state index contributed by atoms with van der Waals surface area (Å²) < 4.78 is 5.31. The number of nitrogens with one attached hydrogen (secondary N) is 1. The molecular formula is C16H24ClN3O2. The van der Waals surface area contributed by atoms with Crippen LogP contribution in [0.4, 0.5) is 16.2 Å². The number of ether oxygens (including phenoxy) is 1. The van der Waals surface area contributed by atoms with Crippen molar-refractivity contribution in [3.63, 3.8) is 0 Å². The summed E-state index contributed by atoms with van der Waals surface area (Å²) in [7, 11) is 0. The normalized spacial score (nSPS) is 18.9. The van der Waals surface area contributed by atoms with Crippen molar-refractivity contribution in [1.82, 2.24) is 5.32 Å². The fraction of sp³-hybridized carbons (Fsp3) is 0.562. The molecule has 1 heterocycles. The Balaban J connectivity index is 2.02. The molecule has 1 aliphatic rings.